The van der Waals surface area contributed by atoms with Crippen LogP contribution in [0.25, 0.3) is 5.76 Å². The van der Waals surface area contributed by atoms with E-state index in [1.54, 1.807) is 62.4 Å². The number of methoxy groups -OCH3 is 2. The topological polar surface area (TPSA) is 89.2 Å². The van der Waals surface area contributed by atoms with Crippen molar-refractivity contribution in [1.29, 1.82) is 0 Å². The van der Waals surface area contributed by atoms with Crippen molar-refractivity contribution < 1.29 is 28.6 Å². The third-order valence-corrected chi connectivity index (χ3v) is 5.75. The molecule has 1 unspecified atom stereocenters. The van der Waals surface area contributed by atoms with Crippen molar-refractivity contribution in [2.45, 2.75) is 19.9 Å². The van der Waals surface area contributed by atoms with Gasteiger partial charge in [-0.2, -0.15) is 0 Å². The summed E-state index contributed by atoms with van der Waals surface area (Å²) in [7, 11) is 2.95. The number of carbonyl (C=O) groups excluding carboxylic acids is 2. The summed E-state index contributed by atoms with van der Waals surface area (Å²) < 4.78 is 16.4. The molecule has 1 amide bonds. The zero-order chi connectivity index (χ0) is 23.9. The van der Waals surface area contributed by atoms with E-state index in [4.69, 9.17) is 25.5 Å². The van der Waals surface area contributed by atoms with Gasteiger partial charge in [-0.25, -0.2) is 0 Å². The van der Waals surface area contributed by atoms with Crippen LogP contribution in [0.5, 0.6) is 11.5 Å². The number of aryl methyl sites for hydroxylation is 2. The number of hydrogen-bond acceptors (Lipinski definition) is 6. The lowest BCUT2D eigenvalue weighted by molar-refractivity contribution is -0.132. The van der Waals surface area contributed by atoms with E-state index in [2.05, 4.69) is 0 Å². The van der Waals surface area contributed by atoms with Gasteiger partial charge in [0.15, 0.2) is 0 Å². The van der Waals surface area contributed by atoms with Crippen LogP contribution in [0.4, 0.5) is 5.69 Å². The van der Waals surface area contributed by atoms with Crippen LogP contribution in [0.15, 0.2) is 58.5 Å². The summed E-state index contributed by atoms with van der Waals surface area (Å²) in [5.74, 6) is -0.306. The van der Waals surface area contributed by atoms with Gasteiger partial charge in [0, 0.05) is 5.69 Å². The number of ether oxygens (including phenoxy) is 2. The number of ketones is 1. The van der Waals surface area contributed by atoms with E-state index in [1.165, 1.54) is 19.1 Å². The Morgan fingerprint density at radius 2 is 1.73 bits per heavy atom. The minimum atomic E-state index is -0.990. The van der Waals surface area contributed by atoms with E-state index in [1.807, 2.05) is 0 Å². The van der Waals surface area contributed by atoms with Crippen molar-refractivity contribution in [3.8, 4) is 11.5 Å². The standard InChI is InChI=1S/C25H22ClNO6/c1-13-11-17(24(32-4)18(26)12-13)22(28)20-21(19-10-5-14(2)33-19)27(25(30)23(20)29)15-6-8-16(31-3)9-7-15/h5-12,21,28H,1-4H3/b22-20+. The molecule has 1 atom stereocenters. The summed E-state index contributed by atoms with van der Waals surface area (Å²) >= 11 is 6.31. The van der Waals surface area contributed by atoms with Crippen LogP contribution in [0, 0.1) is 13.8 Å². The lowest BCUT2D eigenvalue weighted by Gasteiger charge is -2.24. The Bertz CT molecular complexity index is 1270. The Morgan fingerprint density at radius 3 is 2.30 bits per heavy atom. The van der Waals surface area contributed by atoms with Gasteiger partial charge in [-0.05, 0) is 67.9 Å². The summed E-state index contributed by atoms with van der Waals surface area (Å²) in [5, 5.41) is 11.6. The van der Waals surface area contributed by atoms with Crippen molar-refractivity contribution in [1.82, 2.24) is 0 Å². The molecule has 1 aliphatic heterocycles. The largest absolute Gasteiger partial charge is 0.507 e. The highest BCUT2D eigenvalue weighted by atomic mass is 35.5. The zero-order valence-electron chi connectivity index (χ0n) is 18.5. The maximum absolute atomic E-state index is 13.2. The second-order valence-electron chi connectivity index (χ2n) is 7.64. The molecule has 0 bridgehead atoms. The first-order valence-electron chi connectivity index (χ1n) is 10.1. The molecule has 1 aliphatic rings. The molecule has 2 aromatic carbocycles. The molecule has 2 heterocycles. The second-order valence-corrected chi connectivity index (χ2v) is 8.05. The number of halogens is 1. The van der Waals surface area contributed by atoms with Crippen molar-refractivity contribution >= 4 is 34.7 Å². The molecular formula is C25H22ClNO6. The van der Waals surface area contributed by atoms with Gasteiger partial charge in [-0.1, -0.05) is 11.6 Å². The molecule has 4 rings (SSSR count). The molecule has 0 aliphatic carbocycles. The minimum absolute atomic E-state index is 0.120. The first-order valence-corrected chi connectivity index (χ1v) is 10.5. The molecule has 8 heteroatoms. The maximum Gasteiger partial charge on any atom is 0.300 e. The molecule has 0 radical (unpaired) electrons. The van der Waals surface area contributed by atoms with E-state index in [0.29, 0.717) is 23.0 Å². The van der Waals surface area contributed by atoms with E-state index in [-0.39, 0.29) is 21.9 Å². The molecule has 3 aromatic rings. The summed E-state index contributed by atoms with van der Waals surface area (Å²) in [6, 6.07) is 12.4. The van der Waals surface area contributed by atoms with Gasteiger partial charge in [0.05, 0.1) is 30.4 Å². The average molecular weight is 468 g/mol. The molecule has 1 saturated heterocycles. The van der Waals surface area contributed by atoms with Crippen LogP contribution in [-0.4, -0.2) is 31.0 Å². The van der Waals surface area contributed by atoms with Gasteiger partial charge in [0.25, 0.3) is 11.7 Å². The molecule has 7 nitrogen and oxygen atoms in total. The van der Waals surface area contributed by atoms with E-state index in [0.717, 1.165) is 5.56 Å². The third-order valence-electron chi connectivity index (χ3n) is 5.47. The normalized spacial score (nSPS) is 17.5. The van der Waals surface area contributed by atoms with Crippen molar-refractivity contribution in [2.75, 3.05) is 19.1 Å². The Morgan fingerprint density at radius 1 is 1.03 bits per heavy atom. The van der Waals surface area contributed by atoms with Crippen LogP contribution in [-0.2, 0) is 9.59 Å². The van der Waals surface area contributed by atoms with Gasteiger partial charge in [-0.15, -0.1) is 0 Å². The van der Waals surface area contributed by atoms with Crippen molar-refractivity contribution in [3.05, 3.63) is 81.8 Å². The van der Waals surface area contributed by atoms with Crippen LogP contribution in [0.2, 0.25) is 5.02 Å². The first-order chi connectivity index (χ1) is 15.8. The number of rotatable bonds is 5. The zero-order valence-corrected chi connectivity index (χ0v) is 19.3. The fourth-order valence-corrected chi connectivity index (χ4v) is 4.32. The molecule has 33 heavy (non-hydrogen) atoms. The number of furan rings is 1. The predicted molar refractivity (Wildman–Crippen MR) is 124 cm³/mol. The summed E-state index contributed by atoms with van der Waals surface area (Å²) in [6.07, 6.45) is 0. The number of aliphatic hydroxyl groups is 1. The highest BCUT2D eigenvalue weighted by molar-refractivity contribution is 6.51. The van der Waals surface area contributed by atoms with E-state index >= 15 is 0 Å². The smallest absolute Gasteiger partial charge is 0.300 e. The Balaban J connectivity index is 1.97. The minimum Gasteiger partial charge on any atom is -0.507 e. The van der Waals surface area contributed by atoms with E-state index in [9.17, 15) is 14.7 Å². The fourth-order valence-electron chi connectivity index (χ4n) is 3.97. The monoisotopic (exact) mass is 467 g/mol. The number of nitrogens with zero attached hydrogens (tertiary/aromatic N) is 1. The second kappa shape index (κ2) is 8.67. The SMILES string of the molecule is COc1ccc(N2C(=O)C(=O)/C(=C(/O)c3cc(C)cc(Cl)c3OC)C2c2ccc(C)o2)cc1. The summed E-state index contributed by atoms with van der Waals surface area (Å²) in [4.78, 5) is 27.7. The van der Waals surface area contributed by atoms with Crippen LogP contribution >= 0.6 is 11.6 Å². The number of Topliss-reactive ketones (excluding diaryl/α,β-unsaturated/α-hetero) is 1. The summed E-state index contributed by atoms with van der Waals surface area (Å²) in [6.45, 7) is 3.55. The summed E-state index contributed by atoms with van der Waals surface area (Å²) in [5.41, 5.74) is 1.29. The maximum atomic E-state index is 13.2. The fraction of sp³-hybridized carbons (Fsp3) is 0.200. The first kappa shape index (κ1) is 22.5. The highest BCUT2D eigenvalue weighted by Crippen LogP contribution is 2.45. The number of hydrogen-bond donors (Lipinski definition) is 1. The van der Waals surface area contributed by atoms with Crippen LogP contribution in [0.1, 0.15) is 28.7 Å². The van der Waals surface area contributed by atoms with Gasteiger partial charge in [0.2, 0.25) is 0 Å². The molecule has 1 aromatic heterocycles. The lowest BCUT2D eigenvalue weighted by atomic mass is 9.97. The number of benzene rings is 2. The van der Waals surface area contributed by atoms with Gasteiger partial charge < -0.3 is 19.0 Å². The molecule has 1 fully saturated rings. The number of carbonyl (C=O) groups is 2. The molecule has 170 valence electrons. The molecular weight excluding hydrogens is 446 g/mol. The van der Waals surface area contributed by atoms with Crippen LogP contribution in [0.3, 0.4) is 0 Å². The Labute approximate surface area is 195 Å². The molecule has 1 N–H and O–H groups in total. The quantitative estimate of drug-likeness (QED) is 0.315. The number of aliphatic hydroxyl groups excluding tert-OH is 1. The predicted octanol–water partition coefficient (Wildman–Crippen LogP) is 5.19. The van der Waals surface area contributed by atoms with Gasteiger partial charge in [0.1, 0.15) is 34.8 Å². The molecule has 0 spiro atoms. The molecule has 0 saturated carbocycles. The lowest BCUT2D eigenvalue weighted by Crippen LogP contribution is -2.29. The van der Waals surface area contributed by atoms with Crippen LogP contribution < -0.4 is 14.4 Å². The number of anilines is 1. The van der Waals surface area contributed by atoms with Crippen molar-refractivity contribution in [3.63, 3.8) is 0 Å². The Kier molecular flexibility index (Phi) is 5.91. The number of amides is 1. The Hall–Kier alpha value is -3.71. The van der Waals surface area contributed by atoms with Gasteiger partial charge in [-0.3, -0.25) is 14.5 Å². The third kappa shape index (κ3) is 3.85. The highest BCUT2D eigenvalue weighted by Gasteiger charge is 2.48. The van der Waals surface area contributed by atoms with Crippen molar-refractivity contribution in [2.24, 2.45) is 0 Å². The van der Waals surface area contributed by atoms with E-state index < -0.39 is 23.5 Å². The van der Waals surface area contributed by atoms with Gasteiger partial charge >= 0.3 is 0 Å². The average Bonchev–Trinajstić information content (AvgIpc) is 3.33.